The Hall–Kier alpha value is -3.24. The molecule has 2 heterocycles. The molecule has 1 aromatic carbocycles. The van der Waals surface area contributed by atoms with Gasteiger partial charge in [0.1, 0.15) is 17.6 Å². The SMILES string of the molecule is Cc1nsc(N[C@@H](CC(C)C)C(=O)NCC#N)c1-c1ccc(-c2cccnc2)cc1. The van der Waals surface area contributed by atoms with Crippen LogP contribution in [0.1, 0.15) is 26.0 Å². The number of carbonyl (C=O) groups is 1. The van der Waals surface area contributed by atoms with Crippen LogP contribution in [0.2, 0.25) is 0 Å². The molecule has 2 N–H and O–H groups in total. The van der Waals surface area contributed by atoms with Crippen molar-refractivity contribution < 1.29 is 4.79 Å². The molecule has 3 rings (SSSR count). The lowest BCUT2D eigenvalue weighted by Gasteiger charge is -2.20. The summed E-state index contributed by atoms with van der Waals surface area (Å²) in [7, 11) is 0. The van der Waals surface area contributed by atoms with Gasteiger partial charge in [0, 0.05) is 18.0 Å². The highest BCUT2D eigenvalue weighted by Gasteiger charge is 2.23. The van der Waals surface area contributed by atoms with Crippen LogP contribution < -0.4 is 10.6 Å². The van der Waals surface area contributed by atoms with Crippen LogP contribution in [0.5, 0.6) is 0 Å². The molecule has 6 nitrogen and oxygen atoms in total. The van der Waals surface area contributed by atoms with E-state index in [9.17, 15) is 4.79 Å². The van der Waals surface area contributed by atoms with E-state index in [1.807, 2.05) is 31.3 Å². The predicted molar refractivity (Wildman–Crippen MR) is 121 cm³/mol. The lowest BCUT2D eigenvalue weighted by atomic mass is 10.00. The third-order valence-electron chi connectivity index (χ3n) is 4.70. The summed E-state index contributed by atoms with van der Waals surface area (Å²) < 4.78 is 4.51. The molecule has 1 atom stereocenters. The molecule has 0 aliphatic carbocycles. The van der Waals surface area contributed by atoms with Crippen LogP contribution in [0.3, 0.4) is 0 Å². The Morgan fingerprint density at radius 2 is 1.90 bits per heavy atom. The molecule has 0 unspecified atom stereocenters. The first kappa shape index (κ1) is 21.5. The number of pyridine rings is 1. The molecule has 1 amide bonds. The van der Waals surface area contributed by atoms with E-state index >= 15 is 0 Å². The second kappa shape index (κ2) is 9.99. The third kappa shape index (κ3) is 5.22. The van der Waals surface area contributed by atoms with E-state index in [2.05, 4.69) is 58.1 Å². The van der Waals surface area contributed by atoms with Crippen LogP contribution in [0.25, 0.3) is 22.3 Å². The number of amides is 1. The molecule has 30 heavy (non-hydrogen) atoms. The van der Waals surface area contributed by atoms with E-state index in [1.165, 1.54) is 11.5 Å². The molecule has 3 aromatic rings. The number of carbonyl (C=O) groups excluding carboxylic acids is 1. The Morgan fingerprint density at radius 1 is 1.17 bits per heavy atom. The van der Waals surface area contributed by atoms with E-state index in [4.69, 9.17) is 5.26 Å². The van der Waals surface area contributed by atoms with E-state index < -0.39 is 6.04 Å². The Balaban J connectivity index is 1.86. The molecule has 0 saturated heterocycles. The molecule has 0 aliphatic rings. The zero-order valence-corrected chi connectivity index (χ0v) is 18.2. The van der Waals surface area contributed by atoms with Crippen molar-refractivity contribution in [3.05, 3.63) is 54.5 Å². The minimum absolute atomic E-state index is 0.000507. The maximum Gasteiger partial charge on any atom is 0.243 e. The first-order valence-corrected chi connectivity index (χ1v) is 10.6. The van der Waals surface area contributed by atoms with Gasteiger partial charge in [0.25, 0.3) is 0 Å². The van der Waals surface area contributed by atoms with E-state index in [1.54, 1.807) is 6.20 Å². The van der Waals surface area contributed by atoms with Crippen LogP contribution >= 0.6 is 11.5 Å². The summed E-state index contributed by atoms with van der Waals surface area (Å²) in [6.45, 7) is 6.11. The number of aromatic nitrogens is 2. The van der Waals surface area contributed by atoms with Crippen LogP contribution in [0.15, 0.2) is 48.8 Å². The Bertz CT molecular complexity index is 1020. The first-order chi connectivity index (χ1) is 14.5. The van der Waals surface area contributed by atoms with Gasteiger partial charge in [-0.15, -0.1) is 0 Å². The average molecular weight is 420 g/mol. The maximum absolute atomic E-state index is 12.6. The number of anilines is 1. The fourth-order valence-corrected chi connectivity index (χ4v) is 4.15. The average Bonchev–Trinajstić information content (AvgIpc) is 3.12. The smallest absolute Gasteiger partial charge is 0.243 e. The van der Waals surface area contributed by atoms with Gasteiger partial charge in [-0.1, -0.05) is 44.2 Å². The summed E-state index contributed by atoms with van der Waals surface area (Å²) in [6.07, 6.45) is 4.26. The third-order valence-corrected chi connectivity index (χ3v) is 5.57. The molecule has 0 aliphatic heterocycles. The van der Waals surface area contributed by atoms with Crippen molar-refractivity contribution in [1.82, 2.24) is 14.7 Å². The summed E-state index contributed by atoms with van der Waals surface area (Å²) >= 11 is 1.35. The van der Waals surface area contributed by atoms with Crippen LogP contribution in [0.4, 0.5) is 5.00 Å². The molecule has 0 radical (unpaired) electrons. The number of nitrogens with one attached hydrogen (secondary N) is 2. The van der Waals surface area contributed by atoms with Crippen LogP contribution in [-0.2, 0) is 4.79 Å². The molecule has 0 spiro atoms. The van der Waals surface area contributed by atoms with Gasteiger partial charge >= 0.3 is 0 Å². The minimum Gasteiger partial charge on any atom is -0.364 e. The predicted octanol–water partition coefficient (Wildman–Crippen LogP) is 4.65. The largest absolute Gasteiger partial charge is 0.364 e. The fraction of sp³-hybridized carbons (Fsp3) is 0.304. The van der Waals surface area contributed by atoms with Gasteiger partial charge in [-0.3, -0.25) is 9.78 Å². The van der Waals surface area contributed by atoms with Crippen molar-refractivity contribution >= 4 is 22.4 Å². The van der Waals surface area contributed by atoms with Crippen molar-refractivity contribution in [3.63, 3.8) is 0 Å². The lowest BCUT2D eigenvalue weighted by Crippen LogP contribution is -2.40. The van der Waals surface area contributed by atoms with Gasteiger partial charge in [0.05, 0.1) is 11.8 Å². The Kier molecular flexibility index (Phi) is 7.15. The zero-order chi connectivity index (χ0) is 21.5. The molecule has 7 heteroatoms. The zero-order valence-electron chi connectivity index (χ0n) is 17.3. The topological polar surface area (TPSA) is 90.7 Å². The molecule has 0 bridgehead atoms. The van der Waals surface area contributed by atoms with Gasteiger partial charge in [0.2, 0.25) is 5.91 Å². The second-order valence-electron chi connectivity index (χ2n) is 7.49. The molecule has 154 valence electrons. The van der Waals surface area contributed by atoms with E-state index in [0.717, 1.165) is 32.9 Å². The summed E-state index contributed by atoms with van der Waals surface area (Å²) in [6, 6.07) is 13.8. The van der Waals surface area contributed by atoms with Gasteiger partial charge in [-0.25, -0.2) is 0 Å². The van der Waals surface area contributed by atoms with Gasteiger partial charge in [-0.05, 0) is 53.6 Å². The van der Waals surface area contributed by atoms with Gasteiger partial charge < -0.3 is 10.6 Å². The molecule has 2 aromatic heterocycles. The normalized spacial score (nSPS) is 11.7. The minimum atomic E-state index is -0.424. The highest BCUT2D eigenvalue weighted by Crippen LogP contribution is 2.36. The monoisotopic (exact) mass is 419 g/mol. The van der Waals surface area contributed by atoms with E-state index in [0.29, 0.717) is 12.3 Å². The number of rotatable bonds is 8. The number of hydrogen-bond acceptors (Lipinski definition) is 6. The summed E-state index contributed by atoms with van der Waals surface area (Å²) in [5, 5.41) is 15.7. The summed E-state index contributed by atoms with van der Waals surface area (Å²) in [4.78, 5) is 16.7. The van der Waals surface area contributed by atoms with Crippen molar-refractivity contribution in [2.24, 2.45) is 5.92 Å². The quantitative estimate of drug-likeness (QED) is 0.519. The van der Waals surface area contributed by atoms with Crippen molar-refractivity contribution in [3.8, 4) is 28.3 Å². The molecule has 0 saturated carbocycles. The lowest BCUT2D eigenvalue weighted by molar-refractivity contribution is -0.121. The van der Waals surface area contributed by atoms with Gasteiger partial charge in [0.15, 0.2) is 0 Å². The number of nitriles is 1. The van der Waals surface area contributed by atoms with Crippen LogP contribution in [0, 0.1) is 24.2 Å². The van der Waals surface area contributed by atoms with E-state index in [-0.39, 0.29) is 12.5 Å². The van der Waals surface area contributed by atoms with Crippen LogP contribution in [-0.4, -0.2) is 27.9 Å². The first-order valence-electron chi connectivity index (χ1n) is 9.88. The number of hydrogen-bond donors (Lipinski definition) is 2. The maximum atomic E-state index is 12.6. The highest BCUT2D eigenvalue weighted by atomic mass is 32.1. The molecular weight excluding hydrogens is 394 g/mol. The number of benzene rings is 1. The standard InChI is InChI=1S/C23H25N5OS/c1-15(2)13-20(22(29)26-12-10-24)27-23-21(16(3)28-30-23)18-8-6-17(7-9-18)19-5-4-11-25-14-19/h4-9,11,14-15,20,27H,12-13H2,1-3H3,(H,26,29)/t20-/m0/s1. The second-order valence-corrected chi connectivity index (χ2v) is 8.27. The summed E-state index contributed by atoms with van der Waals surface area (Å²) in [5.74, 6) is 0.153. The molecule has 0 fully saturated rings. The fourth-order valence-electron chi connectivity index (χ4n) is 3.28. The van der Waals surface area contributed by atoms with Gasteiger partial charge in [-0.2, -0.15) is 9.64 Å². The Morgan fingerprint density at radius 3 is 2.53 bits per heavy atom. The number of aryl methyl sites for hydroxylation is 1. The van der Waals surface area contributed by atoms with Crippen molar-refractivity contribution in [1.29, 1.82) is 5.26 Å². The summed E-state index contributed by atoms with van der Waals surface area (Å²) in [5.41, 5.74) is 5.11. The van der Waals surface area contributed by atoms with Crippen molar-refractivity contribution in [2.75, 3.05) is 11.9 Å². The highest BCUT2D eigenvalue weighted by molar-refractivity contribution is 7.11. The number of nitrogens with zero attached hydrogens (tertiary/aromatic N) is 3. The molecular formula is C23H25N5OS. The Labute approximate surface area is 181 Å². The van der Waals surface area contributed by atoms with Crippen molar-refractivity contribution in [2.45, 2.75) is 33.2 Å².